The van der Waals surface area contributed by atoms with Crippen molar-refractivity contribution in [3.05, 3.63) is 113 Å². The largest absolute Gasteiger partial charge is 0.457 e. The van der Waals surface area contributed by atoms with E-state index in [0.29, 0.717) is 33.8 Å². The number of aryl methyl sites for hydroxylation is 1. The molecule has 0 radical (unpaired) electrons. The number of rotatable bonds is 6. The van der Waals surface area contributed by atoms with Crippen LogP contribution < -0.4 is 10.3 Å². The second-order valence-corrected chi connectivity index (χ2v) is 9.97. The fourth-order valence-corrected chi connectivity index (χ4v) is 5.12. The van der Waals surface area contributed by atoms with Gasteiger partial charge in [0, 0.05) is 17.5 Å². The minimum atomic E-state index is -3.66. The summed E-state index contributed by atoms with van der Waals surface area (Å²) in [7, 11) is -3.66. The van der Waals surface area contributed by atoms with E-state index in [1.165, 1.54) is 53.3 Å². The van der Waals surface area contributed by atoms with Crippen LogP contribution in [0.5, 0.6) is 11.5 Å². The standard InChI is InChI=1S/C26H19FN2O5S/c1-17-14-22(34-21-5-3-19(27)4-6-21)7-9-24(17)29-25-10-8-23(15-18(25)2-11-26(29)30)35(31,32)16-20-12-13-33-28-20/h2-15H,16H2,1H3. The van der Waals surface area contributed by atoms with Gasteiger partial charge in [0.25, 0.3) is 5.56 Å². The number of fused-ring (bicyclic) bond motifs is 1. The molecule has 0 aliphatic rings. The van der Waals surface area contributed by atoms with Crippen molar-refractivity contribution in [3.63, 3.8) is 0 Å². The van der Waals surface area contributed by atoms with Crippen LogP contribution in [0, 0.1) is 12.7 Å². The van der Waals surface area contributed by atoms with Gasteiger partial charge in [-0.05, 0) is 79.2 Å². The Morgan fingerprint density at radius 2 is 1.71 bits per heavy atom. The molecule has 2 aromatic heterocycles. The molecule has 5 rings (SSSR count). The molecule has 0 aliphatic heterocycles. The van der Waals surface area contributed by atoms with Gasteiger partial charge in [-0.3, -0.25) is 9.36 Å². The van der Waals surface area contributed by atoms with Gasteiger partial charge in [0.1, 0.15) is 29.3 Å². The highest BCUT2D eigenvalue weighted by atomic mass is 32.2. The van der Waals surface area contributed by atoms with Gasteiger partial charge < -0.3 is 9.26 Å². The monoisotopic (exact) mass is 490 g/mol. The van der Waals surface area contributed by atoms with E-state index >= 15 is 0 Å². The van der Waals surface area contributed by atoms with Crippen LogP contribution in [0.25, 0.3) is 16.6 Å². The Morgan fingerprint density at radius 3 is 2.43 bits per heavy atom. The van der Waals surface area contributed by atoms with E-state index in [-0.39, 0.29) is 22.0 Å². The Hall–Kier alpha value is -4.24. The molecule has 0 unspecified atom stereocenters. The first kappa shape index (κ1) is 22.5. The smallest absolute Gasteiger partial charge is 0.255 e. The summed E-state index contributed by atoms with van der Waals surface area (Å²) in [6.07, 6.45) is 1.32. The van der Waals surface area contributed by atoms with Crippen LogP contribution >= 0.6 is 0 Å². The SMILES string of the molecule is Cc1cc(Oc2ccc(F)cc2)ccc1-n1c(=O)ccc2cc(S(=O)(=O)Cc3ccon3)ccc21. The number of hydrogen-bond acceptors (Lipinski definition) is 6. The van der Waals surface area contributed by atoms with E-state index in [2.05, 4.69) is 5.16 Å². The fraction of sp³-hybridized carbons (Fsp3) is 0.0769. The Kier molecular flexibility index (Phi) is 5.70. The molecular formula is C26H19FN2O5S. The first-order valence-electron chi connectivity index (χ1n) is 10.6. The summed E-state index contributed by atoms with van der Waals surface area (Å²) < 4.78 is 50.9. The van der Waals surface area contributed by atoms with Gasteiger partial charge in [-0.15, -0.1) is 0 Å². The highest BCUT2D eigenvalue weighted by molar-refractivity contribution is 7.90. The lowest BCUT2D eigenvalue weighted by Gasteiger charge is -2.15. The Morgan fingerprint density at radius 1 is 0.943 bits per heavy atom. The molecule has 9 heteroatoms. The zero-order valence-corrected chi connectivity index (χ0v) is 19.3. The Bertz CT molecular complexity index is 1690. The maximum atomic E-state index is 13.1. The summed E-state index contributed by atoms with van der Waals surface area (Å²) in [4.78, 5) is 13.0. The molecule has 5 aromatic rings. The van der Waals surface area contributed by atoms with Crippen molar-refractivity contribution < 1.29 is 22.1 Å². The van der Waals surface area contributed by atoms with Crippen molar-refractivity contribution in [2.24, 2.45) is 0 Å². The lowest BCUT2D eigenvalue weighted by Crippen LogP contribution is -2.18. The fourth-order valence-electron chi connectivity index (χ4n) is 3.84. The molecule has 0 atom stereocenters. The second-order valence-electron chi connectivity index (χ2n) is 7.98. The normalized spacial score (nSPS) is 11.6. The molecule has 7 nitrogen and oxygen atoms in total. The van der Waals surface area contributed by atoms with Gasteiger partial charge in [0.05, 0.1) is 21.8 Å². The summed E-state index contributed by atoms with van der Waals surface area (Å²) in [5.74, 6) is 0.379. The highest BCUT2D eigenvalue weighted by Crippen LogP contribution is 2.28. The molecule has 35 heavy (non-hydrogen) atoms. The van der Waals surface area contributed by atoms with Crippen molar-refractivity contribution in [2.75, 3.05) is 0 Å². The predicted molar refractivity (Wildman–Crippen MR) is 128 cm³/mol. The first-order chi connectivity index (χ1) is 16.8. The maximum absolute atomic E-state index is 13.1. The van der Waals surface area contributed by atoms with Crippen LogP contribution in [-0.4, -0.2) is 18.1 Å². The van der Waals surface area contributed by atoms with Gasteiger partial charge in [-0.1, -0.05) is 5.16 Å². The number of nitrogens with zero attached hydrogens (tertiary/aromatic N) is 2. The summed E-state index contributed by atoms with van der Waals surface area (Å²) in [6, 6.07) is 20.1. The lowest BCUT2D eigenvalue weighted by atomic mass is 10.1. The number of ether oxygens (including phenoxy) is 1. The van der Waals surface area contributed by atoms with Crippen molar-refractivity contribution in [1.29, 1.82) is 0 Å². The molecule has 0 bridgehead atoms. The van der Waals surface area contributed by atoms with E-state index in [9.17, 15) is 17.6 Å². The Balaban J connectivity index is 1.52. The number of pyridine rings is 1. The van der Waals surface area contributed by atoms with Crippen LogP contribution in [0.1, 0.15) is 11.3 Å². The number of halogens is 1. The first-order valence-corrected chi connectivity index (χ1v) is 12.3. The van der Waals surface area contributed by atoms with E-state index in [1.54, 1.807) is 36.4 Å². The molecule has 0 amide bonds. The quantitative estimate of drug-likeness (QED) is 0.325. The molecular weight excluding hydrogens is 471 g/mol. The van der Waals surface area contributed by atoms with E-state index in [4.69, 9.17) is 9.26 Å². The minimum absolute atomic E-state index is 0.123. The zero-order chi connectivity index (χ0) is 24.6. The van der Waals surface area contributed by atoms with Crippen molar-refractivity contribution >= 4 is 20.7 Å². The van der Waals surface area contributed by atoms with Gasteiger partial charge in [0.15, 0.2) is 9.84 Å². The summed E-state index contributed by atoms with van der Waals surface area (Å²) in [5.41, 5.74) is 2.01. The molecule has 0 saturated heterocycles. The summed E-state index contributed by atoms with van der Waals surface area (Å²) in [6.45, 7) is 1.84. The average Bonchev–Trinajstić information content (AvgIpc) is 3.33. The van der Waals surface area contributed by atoms with Gasteiger partial charge in [-0.2, -0.15) is 0 Å². The molecule has 2 heterocycles. The second kappa shape index (κ2) is 8.84. The van der Waals surface area contributed by atoms with Gasteiger partial charge in [-0.25, -0.2) is 12.8 Å². The third-order valence-electron chi connectivity index (χ3n) is 5.51. The van der Waals surface area contributed by atoms with Gasteiger partial charge in [0.2, 0.25) is 0 Å². The third kappa shape index (κ3) is 4.58. The van der Waals surface area contributed by atoms with Crippen molar-refractivity contribution in [2.45, 2.75) is 17.6 Å². The third-order valence-corrected chi connectivity index (χ3v) is 7.16. The minimum Gasteiger partial charge on any atom is -0.457 e. The predicted octanol–water partition coefficient (Wildman–Crippen LogP) is 5.19. The van der Waals surface area contributed by atoms with E-state index in [0.717, 1.165) is 5.56 Å². The van der Waals surface area contributed by atoms with Crippen LogP contribution in [0.4, 0.5) is 4.39 Å². The van der Waals surface area contributed by atoms with Crippen molar-refractivity contribution in [3.8, 4) is 17.2 Å². The molecule has 0 spiro atoms. The number of sulfone groups is 1. The van der Waals surface area contributed by atoms with E-state index in [1.807, 2.05) is 6.92 Å². The molecule has 0 saturated carbocycles. The van der Waals surface area contributed by atoms with Crippen LogP contribution in [0.15, 0.2) is 99.3 Å². The summed E-state index contributed by atoms with van der Waals surface area (Å²) >= 11 is 0. The maximum Gasteiger partial charge on any atom is 0.255 e. The van der Waals surface area contributed by atoms with Gasteiger partial charge >= 0.3 is 0 Å². The number of aromatic nitrogens is 2. The number of hydrogen-bond donors (Lipinski definition) is 0. The molecule has 3 aromatic carbocycles. The average molecular weight is 491 g/mol. The van der Waals surface area contributed by atoms with Crippen LogP contribution in [0.2, 0.25) is 0 Å². The van der Waals surface area contributed by atoms with E-state index < -0.39 is 9.84 Å². The number of benzene rings is 3. The lowest BCUT2D eigenvalue weighted by molar-refractivity contribution is 0.413. The zero-order valence-electron chi connectivity index (χ0n) is 18.5. The molecule has 176 valence electrons. The summed E-state index contributed by atoms with van der Waals surface area (Å²) in [5, 5.41) is 4.27. The topological polar surface area (TPSA) is 91.4 Å². The van der Waals surface area contributed by atoms with Crippen LogP contribution in [0.3, 0.4) is 0 Å². The molecule has 0 fully saturated rings. The molecule has 0 aliphatic carbocycles. The molecule has 0 N–H and O–H groups in total. The van der Waals surface area contributed by atoms with Crippen molar-refractivity contribution in [1.82, 2.24) is 9.72 Å². The van der Waals surface area contributed by atoms with Crippen LogP contribution in [-0.2, 0) is 15.6 Å². The Labute approximate surface area is 199 Å². The highest BCUT2D eigenvalue weighted by Gasteiger charge is 2.19.